The molecule has 0 aromatic carbocycles. The third kappa shape index (κ3) is 1.18. The average molecular weight is 166 g/mol. The minimum atomic E-state index is -0.253. The molecule has 64 valence electrons. The minimum absolute atomic E-state index is 0.162. The molecule has 0 aromatic rings. The van der Waals surface area contributed by atoms with Crippen LogP contribution in [0.15, 0.2) is 23.0 Å². The second kappa shape index (κ2) is 2.93. The third-order valence-electron chi connectivity index (χ3n) is 1.84. The van der Waals surface area contributed by atoms with Crippen LogP contribution in [-0.2, 0) is 14.3 Å². The van der Waals surface area contributed by atoms with Crippen molar-refractivity contribution in [3.63, 3.8) is 0 Å². The van der Waals surface area contributed by atoms with Crippen LogP contribution >= 0.6 is 0 Å². The van der Waals surface area contributed by atoms with Crippen LogP contribution in [0.4, 0.5) is 0 Å². The van der Waals surface area contributed by atoms with E-state index in [1.807, 2.05) is 0 Å². The maximum absolute atomic E-state index is 11.3. The van der Waals surface area contributed by atoms with Crippen LogP contribution in [0.1, 0.15) is 13.8 Å². The van der Waals surface area contributed by atoms with E-state index < -0.39 is 0 Å². The maximum atomic E-state index is 11.3. The number of allylic oxidation sites excluding steroid dienone is 4. The first-order valence-electron chi connectivity index (χ1n) is 3.60. The Bertz CT molecular complexity index is 308. The van der Waals surface area contributed by atoms with E-state index >= 15 is 0 Å². The van der Waals surface area contributed by atoms with Gasteiger partial charge >= 0.3 is 0 Å². The van der Waals surface area contributed by atoms with E-state index in [1.165, 1.54) is 13.2 Å². The summed E-state index contributed by atoms with van der Waals surface area (Å²) in [6.07, 6.45) is 1.33. The highest BCUT2D eigenvalue weighted by molar-refractivity contribution is 6.35. The van der Waals surface area contributed by atoms with Crippen LogP contribution in [0.2, 0.25) is 0 Å². The van der Waals surface area contributed by atoms with Crippen molar-refractivity contribution in [2.75, 3.05) is 7.11 Å². The molecule has 0 saturated carbocycles. The van der Waals surface area contributed by atoms with Crippen LogP contribution in [-0.4, -0.2) is 18.7 Å². The molecule has 1 aliphatic rings. The number of hydrogen-bond donors (Lipinski definition) is 0. The van der Waals surface area contributed by atoms with Gasteiger partial charge in [0.2, 0.25) is 0 Å². The lowest BCUT2D eigenvalue weighted by molar-refractivity contribution is -0.116. The first-order valence-corrected chi connectivity index (χ1v) is 3.60. The summed E-state index contributed by atoms with van der Waals surface area (Å²) in [6.45, 7) is 3.23. The number of methoxy groups -OCH3 is 1. The monoisotopic (exact) mass is 166 g/mol. The van der Waals surface area contributed by atoms with E-state index in [4.69, 9.17) is 4.74 Å². The van der Waals surface area contributed by atoms with E-state index in [0.717, 1.165) is 0 Å². The molecule has 0 radical (unpaired) electrons. The van der Waals surface area contributed by atoms with Crippen molar-refractivity contribution in [3.05, 3.63) is 23.0 Å². The summed E-state index contributed by atoms with van der Waals surface area (Å²) in [5.41, 5.74) is 0.640. The summed E-state index contributed by atoms with van der Waals surface area (Å²) in [4.78, 5) is 22.4. The average Bonchev–Trinajstić information content (AvgIpc) is 2.26. The number of carbonyl (C=O) groups excluding carboxylic acids is 2. The fourth-order valence-corrected chi connectivity index (χ4v) is 1.08. The van der Waals surface area contributed by atoms with Crippen molar-refractivity contribution in [3.8, 4) is 0 Å². The van der Waals surface area contributed by atoms with Crippen molar-refractivity contribution in [1.82, 2.24) is 0 Å². The van der Waals surface area contributed by atoms with Gasteiger partial charge in [-0.2, -0.15) is 0 Å². The number of Topliss-reactive ketones (excluding diaryl/α,β-unsaturated/α-hetero) is 1. The molecule has 1 rings (SSSR count). The summed E-state index contributed by atoms with van der Waals surface area (Å²) in [5, 5.41) is 0. The van der Waals surface area contributed by atoms with Crippen molar-refractivity contribution >= 4 is 11.6 Å². The second-order valence-electron chi connectivity index (χ2n) is 2.66. The van der Waals surface area contributed by atoms with E-state index in [9.17, 15) is 9.59 Å². The quantitative estimate of drug-likeness (QED) is 0.331. The lowest BCUT2D eigenvalue weighted by Crippen LogP contribution is -2.06. The van der Waals surface area contributed by atoms with Gasteiger partial charge in [0.25, 0.3) is 0 Å². The molecule has 0 atom stereocenters. The number of rotatable bonds is 1. The van der Waals surface area contributed by atoms with Crippen molar-refractivity contribution in [2.24, 2.45) is 0 Å². The normalized spacial score (nSPS) is 21.1. The van der Waals surface area contributed by atoms with Gasteiger partial charge in [0, 0.05) is 5.57 Å². The number of carbonyl (C=O) groups is 2. The number of ether oxygens (including phenoxy) is 1. The molecule has 0 aliphatic heterocycles. The van der Waals surface area contributed by atoms with E-state index in [1.54, 1.807) is 13.8 Å². The summed E-state index contributed by atoms with van der Waals surface area (Å²) in [7, 11) is 1.44. The Kier molecular flexibility index (Phi) is 2.13. The molecule has 0 bridgehead atoms. The predicted octanol–water partition coefficient (Wildman–Crippen LogP) is 1.00. The molecule has 1 aliphatic carbocycles. The highest BCUT2D eigenvalue weighted by Gasteiger charge is 2.28. The predicted molar refractivity (Wildman–Crippen MR) is 43.5 cm³/mol. The Hall–Kier alpha value is -1.38. The molecular weight excluding hydrogens is 156 g/mol. The van der Waals surface area contributed by atoms with Crippen LogP contribution in [0.3, 0.4) is 0 Å². The highest BCUT2D eigenvalue weighted by Crippen LogP contribution is 2.20. The Morgan fingerprint density at radius 2 is 2.00 bits per heavy atom. The fraction of sp³-hybridized carbons (Fsp3) is 0.333. The first-order chi connectivity index (χ1) is 5.57. The number of ketones is 2. The van der Waals surface area contributed by atoms with Gasteiger partial charge in [-0.1, -0.05) is 0 Å². The van der Waals surface area contributed by atoms with Gasteiger partial charge in [-0.3, -0.25) is 9.59 Å². The summed E-state index contributed by atoms with van der Waals surface area (Å²) >= 11 is 0. The van der Waals surface area contributed by atoms with Gasteiger partial charge in [0.05, 0.1) is 7.11 Å². The lowest BCUT2D eigenvalue weighted by atomic mass is 10.1. The van der Waals surface area contributed by atoms with Crippen molar-refractivity contribution in [2.45, 2.75) is 13.8 Å². The van der Waals surface area contributed by atoms with Gasteiger partial charge in [-0.25, -0.2) is 0 Å². The first kappa shape index (κ1) is 8.71. The van der Waals surface area contributed by atoms with Gasteiger partial charge in [0.1, 0.15) is 11.3 Å². The third-order valence-corrected chi connectivity index (χ3v) is 1.84. The smallest absolute Gasteiger partial charge is 0.196 e. The van der Waals surface area contributed by atoms with Crippen LogP contribution in [0, 0.1) is 0 Å². The van der Waals surface area contributed by atoms with Gasteiger partial charge in [-0.05, 0) is 19.9 Å². The molecule has 0 unspecified atom stereocenters. The summed E-state index contributed by atoms with van der Waals surface area (Å²) in [6, 6.07) is 0. The van der Waals surface area contributed by atoms with Crippen molar-refractivity contribution < 1.29 is 14.3 Å². The topological polar surface area (TPSA) is 43.4 Å². The maximum Gasteiger partial charge on any atom is 0.196 e. The van der Waals surface area contributed by atoms with Gasteiger partial charge in [-0.15, -0.1) is 0 Å². The Morgan fingerprint density at radius 1 is 1.42 bits per heavy atom. The summed E-state index contributed by atoms with van der Waals surface area (Å²) in [5.74, 6) is -0.0886. The molecule has 3 nitrogen and oxygen atoms in total. The second-order valence-corrected chi connectivity index (χ2v) is 2.66. The molecule has 0 N–H and O–H groups in total. The van der Waals surface area contributed by atoms with Gasteiger partial charge in [0.15, 0.2) is 11.6 Å². The van der Waals surface area contributed by atoms with E-state index in [2.05, 4.69) is 0 Å². The summed E-state index contributed by atoms with van der Waals surface area (Å²) < 4.78 is 4.83. The van der Waals surface area contributed by atoms with Crippen LogP contribution in [0.25, 0.3) is 0 Å². The standard InChI is InChI=1S/C9H10O3/c1-5-4-7(10)8(9(5)11)6(2)12-3/h4H,1-3H3. The Morgan fingerprint density at radius 3 is 2.33 bits per heavy atom. The number of hydrogen-bond acceptors (Lipinski definition) is 3. The zero-order valence-corrected chi connectivity index (χ0v) is 7.30. The van der Waals surface area contributed by atoms with Crippen molar-refractivity contribution in [1.29, 1.82) is 0 Å². The molecule has 0 amide bonds. The minimum Gasteiger partial charge on any atom is -0.500 e. The van der Waals surface area contributed by atoms with Crippen LogP contribution < -0.4 is 0 Å². The van der Waals surface area contributed by atoms with E-state index in [-0.39, 0.29) is 17.1 Å². The molecule has 12 heavy (non-hydrogen) atoms. The molecule has 3 heteroatoms. The molecule has 0 spiro atoms. The van der Waals surface area contributed by atoms with Crippen LogP contribution in [0.5, 0.6) is 0 Å². The highest BCUT2D eigenvalue weighted by atomic mass is 16.5. The SMILES string of the molecule is COC(C)=C1C(=O)C=C(C)C1=O. The molecule has 0 saturated heterocycles. The Labute approximate surface area is 70.7 Å². The molecule has 0 heterocycles. The largest absolute Gasteiger partial charge is 0.500 e. The Balaban J connectivity index is 3.15. The molecular formula is C9H10O3. The molecule has 0 fully saturated rings. The molecule has 0 aromatic heterocycles. The fourth-order valence-electron chi connectivity index (χ4n) is 1.08. The van der Waals surface area contributed by atoms with E-state index in [0.29, 0.717) is 11.3 Å². The lowest BCUT2D eigenvalue weighted by Gasteiger charge is -2.01. The zero-order valence-electron chi connectivity index (χ0n) is 7.30. The zero-order chi connectivity index (χ0) is 9.30. The van der Waals surface area contributed by atoms with Gasteiger partial charge < -0.3 is 4.74 Å².